The number of hydrogen-bond donors (Lipinski definition) is 1. The number of aromatic nitrogens is 3. The fraction of sp³-hybridized carbons (Fsp3) is 0.353. The number of nitro groups is 1. The Morgan fingerprint density at radius 3 is 2.54 bits per heavy atom. The molecule has 1 aromatic heterocycles. The van der Waals surface area contributed by atoms with Crippen molar-refractivity contribution in [1.82, 2.24) is 14.8 Å². The van der Waals surface area contributed by atoms with Crippen LogP contribution in [0.3, 0.4) is 0 Å². The quantitative estimate of drug-likeness (QED) is 0.619. The van der Waals surface area contributed by atoms with E-state index in [1.165, 1.54) is 24.3 Å². The first-order valence-corrected chi connectivity index (χ1v) is 8.46. The van der Waals surface area contributed by atoms with Gasteiger partial charge in [0.2, 0.25) is 5.95 Å². The number of fused-ring (bicyclic) bond motifs is 1. The Hall–Kier alpha value is -3.24. The summed E-state index contributed by atoms with van der Waals surface area (Å²) in [5.74, 6) is -1.59. The molecule has 0 amide bonds. The lowest BCUT2D eigenvalue weighted by Crippen LogP contribution is -2.33. The summed E-state index contributed by atoms with van der Waals surface area (Å²) < 4.78 is 40.4. The number of halogens is 3. The summed E-state index contributed by atoms with van der Waals surface area (Å²) in [5.41, 5.74) is 1.09. The van der Waals surface area contributed by atoms with Gasteiger partial charge in [-0.25, -0.2) is 4.68 Å². The van der Waals surface area contributed by atoms with Gasteiger partial charge in [0.25, 0.3) is 11.5 Å². The van der Waals surface area contributed by atoms with Gasteiger partial charge in [-0.3, -0.25) is 14.9 Å². The van der Waals surface area contributed by atoms with Crippen molar-refractivity contribution in [1.29, 1.82) is 0 Å². The van der Waals surface area contributed by atoms with Crippen LogP contribution in [0.25, 0.3) is 0 Å². The summed E-state index contributed by atoms with van der Waals surface area (Å²) in [5, 5.41) is 17.3. The number of non-ortho nitro benzene ring substituents is 1. The number of rotatable bonds is 2. The Bertz CT molecular complexity index is 1010. The lowest BCUT2D eigenvalue weighted by atomic mass is 9.81. The second-order valence-corrected chi connectivity index (χ2v) is 6.91. The molecule has 2 unspecified atom stereocenters. The van der Waals surface area contributed by atoms with Gasteiger partial charge < -0.3 is 5.32 Å². The number of alkyl halides is 3. The van der Waals surface area contributed by atoms with Gasteiger partial charge in [-0.1, -0.05) is 6.92 Å². The number of carbonyl (C=O) groups excluding carboxylic acids is 1. The molecule has 1 aromatic carbocycles. The van der Waals surface area contributed by atoms with Crippen molar-refractivity contribution in [2.75, 3.05) is 5.32 Å². The molecule has 0 radical (unpaired) electrons. The first-order chi connectivity index (χ1) is 13.1. The van der Waals surface area contributed by atoms with Crippen LogP contribution in [0, 0.1) is 16.0 Å². The standard InChI is InChI=1S/C17H14F3N5O3/c1-8-6-11-13(12(26)7-8)14(9-2-4-10(5-3-9)25(27)28)24-16(21-11)22-15(23-24)17(18,19)20/h2-5,8,14H,6-7H2,1H3,(H,21,22,23). The van der Waals surface area contributed by atoms with Crippen molar-refractivity contribution in [3.63, 3.8) is 0 Å². The van der Waals surface area contributed by atoms with Crippen molar-refractivity contribution in [2.24, 2.45) is 5.92 Å². The zero-order valence-corrected chi connectivity index (χ0v) is 14.5. The number of nitrogens with zero attached hydrogens (tertiary/aromatic N) is 4. The van der Waals surface area contributed by atoms with E-state index in [1.54, 1.807) is 0 Å². The molecule has 0 spiro atoms. The molecule has 0 bridgehead atoms. The molecular weight excluding hydrogens is 379 g/mol. The van der Waals surface area contributed by atoms with Crippen LogP contribution in [0.4, 0.5) is 24.8 Å². The zero-order chi connectivity index (χ0) is 20.2. The third kappa shape index (κ3) is 2.92. The summed E-state index contributed by atoms with van der Waals surface area (Å²) in [4.78, 5) is 26.6. The lowest BCUT2D eigenvalue weighted by Gasteiger charge is -2.34. The Morgan fingerprint density at radius 2 is 1.93 bits per heavy atom. The smallest absolute Gasteiger partial charge is 0.328 e. The fourth-order valence-electron chi connectivity index (χ4n) is 3.61. The average molecular weight is 393 g/mol. The molecule has 11 heteroatoms. The monoisotopic (exact) mass is 393 g/mol. The van der Waals surface area contributed by atoms with Crippen molar-refractivity contribution >= 4 is 17.4 Å². The summed E-state index contributed by atoms with van der Waals surface area (Å²) in [7, 11) is 0. The normalized spacial score (nSPS) is 21.8. The highest BCUT2D eigenvalue weighted by Crippen LogP contribution is 2.42. The first-order valence-electron chi connectivity index (χ1n) is 8.46. The maximum atomic E-state index is 13.1. The minimum Gasteiger partial charge on any atom is -0.328 e. The predicted octanol–water partition coefficient (Wildman–Crippen LogP) is 3.47. The van der Waals surface area contributed by atoms with Gasteiger partial charge >= 0.3 is 6.18 Å². The van der Waals surface area contributed by atoms with Crippen LogP contribution in [-0.4, -0.2) is 25.5 Å². The van der Waals surface area contributed by atoms with Crippen LogP contribution in [0.2, 0.25) is 0 Å². The minimum atomic E-state index is -4.75. The van der Waals surface area contributed by atoms with E-state index in [9.17, 15) is 28.1 Å². The van der Waals surface area contributed by atoms with E-state index in [0.717, 1.165) is 4.68 Å². The molecule has 2 aliphatic rings. The molecule has 1 aliphatic carbocycles. The first kappa shape index (κ1) is 18.1. The lowest BCUT2D eigenvalue weighted by molar-refractivity contribution is -0.384. The van der Waals surface area contributed by atoms with Crippen LogP contribution < -0.4 is 5.32 Å². The van der Waals surface area contributed by atoms with E-state index >= 15 is 0 Å². The molecular formula is C17H14F3N5O3. The molecule has 0 fully saturated rings. The van der Waals surface area contributed by atoms with Crippen LogP contribution in [0.15, 0.2) is 35.5 Å². The summed E-state index contributed by atoms with van der Waals surface area (Å²) in [6.07, 6.45) is -4.00. The highest BCUT2D eigenvalue weighted by molar-refractivity contribution is 5.99. The maximum Gasteiger partial charge on any atom is 0.453 e. The Kier molecular flexibility index (Phi) is 3.98. The number of ketones is 1. The third-order valence-corrected chi connectivity index (χ3v) is 4.80. The largest absolute Gasteiger partial charge is 0.453 e. The number of anilines is 1. The molecule has 2 heterocycles. The number of nitro benzene ring substituents is 1. The Morgan fingerprint density at radius 1 is 1.25 bits per heavy atom. The molecule has 0 saturated carbocycles. The molecule has 0 saturated heterocycles. The van der Waals surface area contributed by atoms with E-state index in [0.29, 0.717) is 23.3 Å². The van der Waals surface area contributed by atoms with Crippen LogP contribution in [-0.2, 0) is 11.0 Å². The predicted molar refractivity (Wildman–Crippen MR) is 90.3 cm³/mol. The summed E-state index contributed by atoms with van der Waals surface area (Å²) in [6, 6.07) is 4.39. The second kappa shape index (κ2) is 6.14. The van der Waals surface area contributed by atoms with Gasteiger partial charge in [0.15, 0.2) is 5.78 Å². The Labute approximate surface area is 156 Å². The average Bonchev–Trinajstić information content (AvgIpc) is 3.03. The van der Waals surface area contributed by atoms with E-state index in [2.05, 4.69) is 15.4 Å². The molecule has 8 nitrogen and oxygen atoms in total. The third-order valence-electron chi connectivity index (χ3n) is 4.80. The van der Waals surface area contributed by atoms with Gasteiger partial charge in [0.05, 0.1) is 4.92 Å². The van der Waals surface area contributed by atoms with Gasteiger partial charge in [0, 0.05) is 29.8 Å². The molecule has 28 heavy (non-hydrogen) atoms. The van der Waals surface area contributed by atoms with E-state index in [1.807, 2.05) is 6.92 Å². The summed E-state index contributed by atoms with van der Waals surface area (Å²) in [6.45, 7) is 1.88. The van der Waals surface area contributed by atoms with Gasteiger partial charge in [-0.15, -0.1) is 5.10 Å². The number of Topliss-reactive ketones (excluding diaryl/α,β-unsaturated/α-hetero) is 1. The topological polar surface area (TPSA) is 103 Å². The van der Waals surface area contributed by atoms with Crippen molar-refractivity contribution in [3.05, 3.63) is 57.0 Å². The second-order valence-electron chi connectivity index (χ2n) is 6.91. The van der Waals surface area contributed by atoms with E-state index in [4.69, 9.17) is 0 Å². The van der Waals surface area contributed by atoms with E-state index < -0.39 is 23.0 Å². The number of hydrogen-bond acceptors (Lipinski definition) is 6. The molecule has 2 atom stereocenters. The zero-order valence-electron chi connectivity index (χ0n) is 14.5. The number of benzene rings is 1. The van der Waals surface area contributed by atoms with Crippen LogP contribution >= 0.6 is 0 Å². The highest BCUT2D eigenvalue weighted by atomic mass is 19.4. The fourth-order valence-corrected chi connectivity index (χ4v) is 3.61. The minimum absolute atomic E-state index is 0.0350. The Balaban J connectivity index is 1.88. The SMILES string of the molecule is CC1CC(=O)C2=C(C1)Nc1nc(C(F)(F)F)nn1C2c1ccc([N+](=O)[O-])cc1. The van der Waals surface area contributed by atoms with Crippen LogP contribution in [0.5, 0.6) is 0 Å². The van der Waals surface area contributed by atoms with Crippen LogP contribution in [0.1, 0.15) is 37.2 Å². The highest BCUT2D eigenvalue weighted by Gasteiger charge is 2.43. The van der Waals surface area contributed by atoms with Crippen molar-refractivity contribution < 1.29 is 22.9 Å². The van der Waals surface area contributed by atoms with E-state index in [-0.39, 0.29) is 29.8 Å². The molecule has 146 valence electrons. The van der Waals surface area contributed by atoms with Crippen molar-refractivity contribution in [2.45, 2.75) is 32.0 Å². The summed E-state index contributed by atoms with van der Waals surface area (Å²) >= 11 is 0. The molecule has 1 N–H and O–H groups in total. The molecule has 4 rings (SSSR count). The maximum absolute atomic E-state index is 13.1. The molecule has 1 aliphatic heterocycles. The van der Waals surface area contributed by atoms with Gasteiger partial charge in [-0.2, -0.15) is 18.2 Å². The van der Waals surface area contributed by atoms with Crippen molar-refractivity contribution in [3.8, 4) is 0 Å². The molecule has 2 aromatic rings. The van der Waals surface area contributed by atoms with Gasteiger partial charge in [-0.05, 0) is 30.0 Å². The number of nitrogens with one attached hydrogen (secondary N) is 1. The number of allylic oxidation sites excluding steroid dienone is 2. The number of carbonyl (C=O) groups is 1. The van der Waals surface area contributed by atoms with Gasteiger partial charge in [0.1, 0.15) is 6.04 Å².